The average molecular weight is 299 g/mol. The lowest BCUT2D eigenvalue weighted by atomic mass is 10.1. The number of thioether (sulfide) groups is 1. The first-order chi connectivity index (χ1) is 9.51. The highest BCUT2D eigenvalue weighted by Crippen LogP contribution is 2.52. The number of hydrogen-bond acceptors (Lipinski definition) is 5. The summed E-state index contributed by atoms with van der Waals surface area (Å²) in [6.45, 7) is 2.47. The number of rotatable bonds is 7. The van der Waals surface area contributed by atoms with E-state index in [1.165, 1.54) is 23.8 Å². The number of carbonyl (C=O) groups excluding carboxylic acids is 3. The minimum atomic E-state index is -0.260. The van der Waals surface area contributed by atoms with Crippen molar-refractivity contribution in [3.05, 3.63) is 0 Å². The fourth-order valence-corrected chi connectivity index (χ4v) is 3.92. The van der Waals surface area contributed by atoms with E-state index in [0.29, 0.717) is 19.4 Å². The summed E-state index contributed by atoms with van der Waals surface area (Å²) in [6.07, 6.45) is 3.52. The number of amides is 2. The molecule has 112 valence electrons. The predicted octanol–water partition coefficient (Wildman–Crippen LogP) is 1.60. The zero-order valence-electron chi connectivity index (χ0n) is 12.0. The number of imide groups is 1. The smallest absolute Gasteiger partial charge is 0.306 e. The van der Waals surface area contributed by atoms with E-state index < -0.39 is 0 Å². The van der Waals surface area contributed by atoms with Crippen molar-refractivity contribution in [1.82, 2.24) is 4.90 Å². The molecule has 1 saturated heterocycles. The van der Waals surface area contributed by atoms with Crippen LogP contribution in [0.1, 0.15) is 39.0 Å². The molecule has 0 aromatic carbocycles. The molecule has 1 atom stereocenters. The number of hydrogen-bond donors (Lipinski definition) is 0. The minimum absolute atomic E-state index is 0.000730. The number of methoxy groups -OCH3 is 1. The van der Waals surface area contributed by atoms with E-state index in [0.717, 1.165) is 25.0 Å². The third kappa shape index (κ3) is 3.34. The van der Waals surface area contributed by atoms with E-state index in [4.69, 9.17) is 4.74 Å². The summed E-state index contributed by atoms with van der Waals surface area (Å²) in [7, 11) is 1.40. The van der Waals surface area contributed by atoms with Gasteiger partial charge in [0, 0.05) is 18.7 Å². The molecule has 0 radical (unpaired) electrons. The zero-order valence-corrected chi connectivity index (χ0v) is 12.8. The fraction of sp³-hybridized carbons (Fsp3) is 0.786. The SMILES string of the molecule is CCCN1C(=O)CC(SCC2(CC(=O)OC)CC2)C1=O. The van der Waals surface area contributed by atoms with Crippen molar-refractivity contribution in [2.75, 3.05) is 19.4 Å². The topological polar surface area (TPSA) is 63.7 Å². The average Bonchev–Trinajstić information content (AvgIpc) is 3.13. The molecule has 2 fully saturated rings. The molecule has 1 heterocycles. The van der Waals surface area contributed by atoms with Gasteiger partial charge in [-0.05, 0) is 24.7 Å². The second-order valence-corrected chi connectivity index (χ2v) is 6.83. The van der Waals surface area contributed by atoms with Crippen molar-refractivity contribution < 1.29 is 19.1 Å². The van der Waals surface area contributed by atoms with Gasteiger partial charge in [-0.3, -0.25) is 19.3 Å². The number of ether oxygens (including phenoxy) is 1. The largest absolute Gasteiger partial charge is 0.469 e. The highest BCUT2D eigenvalue weighted by Gasteiger charge is 2.47. The molecule has 1 aliphatic carbocycles. The van der Waals surface area contributed by atoms with E-state index in [1.807, 2.05) is 6.92 Å². The lowest BCUT2D eigenvalue weighted by molar-refractivity contribution is -0.142. The minimum Gasteiger partial charge on any atom is -0.469 e. The van der Waals surface area contributed by atoms with Crippen molar-refractivity contribution in [1.29, 1.82) is 0 Å². The summed E-state index contributed by atoms with van der Waals surface area (Å²) in [5.41, 5.74) is -0.000730. The van der Waals surface area contributed by atoms with Crippen LogP contribution in [-0.2, 0) is 19.1 Å². The van der Waals surface area contributed by atoms with Gasteiger partial charge in [0.05, 0.1) is 18.8 Å². The highest BCUT2D eigenvalue weighted by atomic mass is 32.2. The molecule has 2 amide bonds. The number of esters is 1. The van der Waals surface area contributed by atoms with Crippen LogP contribution in [0.25, 0.3) is 0 Å². The molecule has 1 saturated carbocycles. The Morgan fingerprint density at radius 3 is 2.70 bits per heavy atom. The molecular formula is C14H21NO4S. The number of likely N-dealkylation sites (tertiary alicyclic amines) is 1. The van der Waals surface area contributed by atoms with Crippen LogP contribution in [0.15, 0.2) is 0 Å². The van der Waals surface area contributed by atoms with E-state index in [1.54, 1.807) is 0 Å². The van der Waals surface area contributed by atoms with Gasteiger partial charge in [0.15, 0.2) is 0 Å². The Bertz CT molecular complexity index is 419. The van der Waals surface area contributed by atoms with E-state index >= 15 is 0 Å². The van der Waals surface area contributed by atoms with Gasteiger partial charge in [-0.25, -0.2) is 0 Å². The third-order valence-electron chi connectivity index (χ3n) is 3.94. The molecular weight excluding hydrogens is 278 g/mol. The zero-order chi connectivity index (χ0) is 14.8. The van der Waals surface area contributed by atoms with Gasteiger partial charge in [0.2, 0.25) is 11.8 Å². The van der Waals surface area contributed by atoms with Gasteiger partial charge in [-0.15, -0.1) is 11.8 Å². The summed E-state index contributed by atoms with van der Waals surface area (Å²) >= 11 is 1.53. The van der Waals surface area contributed by atoms with Gasteiger partial charge >= 0.3 is 5.97 Å². The molecule has 2 aliphatic rings. The lowest BCUT2D eigenvalue weighted by Crippen LogP contribution is -2.32. The van der Waals surface area contributed by atoms with E-state index in [-0.39, 0.29) is 28.4 Å². The molecule has 1 aliphatic heterocycles. The maximum absolute atomic E-state index is 12.1. The molecule has 2 rings (SSSR count). The molecule has 5 nitrogen and oxygen atoms in total. The van der Waals surface area contributed by atoms with Crippen molar-refractivity contribution >= 4 is 29.5 Å². The van der Waals surface area contributed by atoms with Gasteiger partial charge in [0.25, 0.3) is 0 Å². The van der Waals surface area contributed by atoms with Crippen LogP contribution in [0.2, 0.25) is 0 Å². The molecule has 0 aromatic heterocycles. The molecule has 0 bridgehead atoms. The summed E-state index contributed by atoms with van der Waals surface area (Å²) < 4.78 is 4.71. The quantitative estimate of drug-likeness (QED) is 0.528. The Labute approximate surface area is 123 Å². The van der Waals surface area contributed by atoms with Crippen molar-refractivity contribution in [3.8, 4) is 0 Å². The first kappa shape index (κ1) is 15.4. The Morgan fingerprint density at radius 1 is 1.45 bits per heavy atom. The van der Waals surface area contributed by atoms with Crippen LogP contribution >= 0.6 is 11.8 Å². The van der Waals surface area contributed by atoms with Crippen LogP contribution in [0.3, 0.4) is 0 Å². The summed E-state index contributed by atoms with van der Waals surface area (Å²) in [5.74, 6) is 0.443. The molecule has 0 spiro atoms. The second kappa shape index (κ2) is 6.16. The van der Waals surface area contributed by atoms with Crippen molar-refractivity contribution in [2.45, 2.75) is 44.3 Å². The fourth-order valence-electron chi connectivity index (χ4n) is 2.45. The Kier molecular flexibility index (Phi) is 4.73. The second-order valence-electron chi connectivity index (χ2n) is 5.64. The predicted molar refractivity (Wildman–Crippen MR) is 76.2 cm³/mol. The number of carbonyl (C=O) groups is 3. The van der Waals surface area contributed by atoms with Crippen LogP contribution in [0.5, 0.6) is 0 Å². The Hall–Kier alpha value is -1.04. The van der Waals surface area contributed by atoms with E-state index in [9.17, 15) is 14.4 Å². The normalized spacial score (nSPS) is 24.1. The van der Waals surface area contributed by atoms with Gasteiger partial charge in [-0.1, -0.05) is 6.92 Å². The lowest BCUT2D eigenvalue weighted by Gasteiger charge is -2.16. The molecule has 1 unspecified atom stereocenters. The maximum atomic E-state index is 12.1. The first-order valence-corrected chi connectivity index (χ1v) is 8.09. The Balaban J connectivity index is 1.84. The van der Waals surface area contributed by atoms with Gasteiger partial charge in [0.1, 0.15) is 0 Å². The maximum Gasteiger partial charge on any atom is 0.306 e. The van der Waals surface area contributed by atoms with Crippen LogP contribution < -0.4 is 0 Å². The summed E-state index contributed by atoms with van der Waals surface area (Å²) in [6, 6.07) is 0. The molecule has 0 N–H and O–H groups in total. The van der Waals surface area contributed by atoms with Crippen molar-refractivity contribution in [2.24, 2.45) is 5.41 Å². The number of nitrogens with zero attached hydrogens (tertiary/aromatic N) is 1. The van der Waals surface area contributed by atoms with Crippen molar-refractivity contribution in [3.63, 3.8) is 0 Å². The molecule has 0 aromatic rings. The van der Waals surface area contributed by atoms with Crippen LogP contribution in [-0.4, -0.2) is 47.3 Å². The highest BCUT2D eigenvalue weighted by molar-refractivity contribution is 8.00. The standard InChI is InChI=1S/C14H21NO4S/c1-3-6-15-11(16)7-10(13(15)18)20-9-14(4-5-14)8-12(17)19-2/h10H,3-9H2,1-2H3. The van der Waals surface area contributed by atoms with E-state index in [2.05, 4.69) is 0 Å². The molecule has 20 heavy (non-hydrogen) atoms. The van der Waals surface area contributed by atoms with Gasteiger partial charge < -0.3 is 4.74 Å². The summed E-state index contributed by atoms with van der Waals surface area (Å²) in [4.78, 5) is 36.6. The van der Waals surface area contributed by atoms with Crippen LogP contribution in [0, 0.1) is 5.41 Å². The summed E-state index contributed by atoms with van der Waals surface area (Å²) in [5, 5.41) is -0.260. The first-order valence-electron chi connectivity index (χ1n) is 7.04. The van der Waals surface area contributed by atoms with Crippen LogP contribution in [0.4, 0.5) is 0 Å². The van der Waals surface area contributed by atoms with Gasteiger partial charge in [-0.2, -0.15) is 0 Å². The molecule has 6 heteroatoms. The monoisotopic (exact) mass is 299 g/mol. The third-order valence-corrected chi connectivity index (χ3v) is 5.49. The Morgan fingerprint density at radius 2 is 2.15 bits per heavy atom.